The smallest absolute Gasteiger partial charge is 0.199 e. The van der Waals surface area contributed by atoms with Crippen molar-refractivity contribution in [2.75, 3.05) is 20.8 Å². The number of nitrogens with zero attached hydrogens (tertiary/aromatic N) is 1. The number of aromatic hydroxyl groups is 1. The van der Waals surface area contributed by atoms with Crippen molar-refractivity contribution in [1.82, 2.24) is 4.98 Å². The lowest BCUT2D eigenvalue weighted by Crippen LogP contribution is -2.03. The van der Waals surface area contributed by atoms with Gasteiger partial charge in [0.2, 0.25) is 0 Å². The van der Waals surface area contributed by atoms with Crippen molar-refractivity contribution in [2.45, 2.75) is 6.92 Å². The first kappa shape index (κ1) is 20.3. The molecule has 158 valence electrons. The topological polar surface area (TPSA) is 76.1 Å². The van der Waals surface area contributed by atoms with Gasteiger partial charge < -0.3 is 24.3 Å². The van der Waals surface area contributed by atoms with E-state index in [1.807, 2.05) is 67.6 Å². The maximum atomic E-state index is 10.8. The number of benzene rings is 3. The second-order valence-electron chi connectivity index (χ2n) is 6.85. The fourth-order valence-electron chi connectivity index (χ4n) is 3.52. The molecule has 2 N–H and O–H groups in total. The molecular formula is C25H24N2O4. The molecule has 0 bridgehead atoms. The van der Waals surface area contributed by atoms with Gasteiger partial charge in [0.25, 0.3) is 0 Å². The Kier molecular flexibility index (Phi) is 5.80. The Morgan fingerprint density at radius 3 is 2.26 bits per heavy atom. The van der Waals surface area contributed by atoms with Crippen molar-refractivity contribution in [2.24, 2.45) is 4.99 Å². The van der Waals surface area contributed by atoms with Gasteiger partial charge in [0, 0.05) is 17.0 Å². The maximum absolute atomic E-state index is 10.8. The van der Waals surface area contributed by atoms with Crippen molar-refractivity contribution >= 4 is 22.3 Å². The summed E-state index contributed by atoms with van der Waals surface area (Å²) >= 11 is 0. The zero-order chi connectivity index (χ0) is 21.8. The van der Waals surface area contributed by atoms with Crippen LogP contribution in [0.4, 0.5) is 5.69 Å². The third-order valence-corrected chi connectivity index (χ3v) is 4.96. The number of aromatic amines is 1. The first-order valence-electron chi connectivity index (χ1n) is 9.98. The van der Waals surface area contributed by atoms with Gasteiger partial charge in [-0.05, 0) is 37.3 Å². The van der Waals surface area contributed by atoms with Crippen molar-refractivity contribution in [3.63, 3.8) is 0 Å². The number of nitrogens with one attached hydrogen (secondary N) is 1. The number of hydrogen-bond donors (Lipinski definition) is 2. The monoisotopic (exact) mass is 416 g/mol. The summed E-state index contributed by atoms with van der Waals surface area (Å²) in [7, 11) is 3.16. The molecule has 0 unspecified atom stereocenters. The van der Waals surface area contributed by atoms with Crippen molar-refractivity contribution < 1.29 is 19.3 Å². The standard InChI is InChI=1S/C25H24N2O4/c1-4-31-18-12-10-17(11-13-18)26-24(16-8-6-5-7-9-16)23-19-14-21(29-2)22(30-3)15-20(19)27-25(23)28/h5-15,27-28H,4H2,1-3H3. The fraction of sp³-hybridized carbons (Fsp3) is 0.160. The highest BCUT2D eigenvalue weighted by Crippen LogP contribution is 2.38. The molecule has 1 aromatic heterocycles. The lowest BCUT2D eigenvalue weighted by molar-refractivity contribution is 0.340. The maximum Gasteiger partial charge on any atom is 0.199 e. The molecule has 6 heteroatoms. The summed E-state index contributed by atoms with van der Waals surface area (Å²) in [4.78, 5) is 7.92. The highest BCUT2D eigenvalue weighted by Gasteiger charge is 2.21. The van der Waals surface area contributed by atoms with E-state index in [1.165, 1.54) is 0 Å². The number of aromatic nitrogens is 1. The molecule has 0 atom stereocenters. The van der Waals surface area contributed by atoms with E-state index in [0.29, 0.717) is 29.4 Å². The molecule has 0 fully saturated rings. The Balaban J connectivity index is 1.92. The summed E-state index contributed by atoms with van der Waals surface area (Å²) in [6.45, 7) is 2.55. The third-order valence-electron chi connectivity index (χ3n) is 4.96. The Bertz CT molecular complexity index is 1210. The molecule has 0 saturated carbocycles. The quantitative estimate of drug-likeness (QED) is 0.392. The zero-order valence-corrected chi connectivity index (χ0v) is 17.7. The highest BCUT2D eigenvalue weighted by molar-refractivity contribution is 6.22. The van der Waals surface area contributed by atoms with Crippen molar-refractivity contribution in [3.8, 4) is 23.1 Å². The summed E-state index contributed by atoms with van der Waals surface area (Å²) in [6, 6.07) is 21.0. The molecule has 0 radical (unpaired) electrons. The molecule has 0 amide bonds. The average Bonchev–Trinajstić information content (AvgIpc) is 3.12. The first-order valence-corrected chi connectivity index (χ1v) is 9.98. The van der Waals surface area contributed by atoms with Crippen LogP contribution < -0.4 is 14.2 Å². The molecular weight excluding hydrogens is 392 g/mol. The van der Waals surface area contributed by atoms with E-state index in [1.54, 1.807) is 20.3 Å². The Morgan fingerprint density at radius 2 is 1.61 bits per heavy atom. The molecule has 3 aromatic carbocycles. The summed E-state index contributed by atoms with van der Waals surface area (Å²) in [6.07, 6.45) is 0. The van der Waals surface area contributed by atoms with Crippen LogP contribution in [0.5, 0.6) is 23.1 Å². The first-order chi connectivity index (χ1) is 15.1. The van der Waals surface area contributed by atoms with Crippen LogP contribution in [0.3, 0.4) is 0 Å². The van der Waals surface area contributed by atoms with E-state index in [9.17, 15) is 5.11 Å². The molecule has 0 spiro atoms. The van der Waals surface area contributed by atoms with E-state index in [-0.39, 0.29) is 5.88 Å². The van der Waals surface area contributed by atoms with Gasteiger partial charge in [-0.3, -0.25) is 0 Å². The molecule has 4 aromatic rings. The molecule has 0 aliphatic rings. The third kappa shape index (κ3) is 4.05. The minimum absolute atomic E-state index is 0.0267. The largest absolute Gasteiger partial charge is 0.494 e. The Labute approximate surface area is 180 Å². The van der Waals surface area contributed by atoms with E-state index < -0.39 is 0 Å². The van der Waals surface area contributed by atoms with Crippen LogP contribution in [0.15, 0.2) is 71.7 Å². The van der Waals surface area contributed by atoms with Crippen LogP contribution in [0.1, 0.15) is 18.1 Å². The van der Waals surface area contributed by atoms with E-state index >= 15 is 0 Å². The van der Waals surface area contributed by atoms with E-state index in [0.717, 1.165) is 27.9 Å². The van der Waals surface area contributed by atoms with E-state index in [2.05, 4.69) is 4.98 Å². The van der Waals surface area contributed by atoms with Crippen LogP contribution in [-0.2, 0) is 0 Å². The van der Waals surface area contributed by atoms with Gasteiger partial charge in [-0.1, -0.05) is 30.3 Å². The van der Waals surface area contributed by atoms with Gasteiger partial charge in [-0.15, -0.1) is 0 Å². The zero-order valence-electron chi connectivity index (χ0n) is 17.7. The average molecular weight is 416 g/mol. The minimum atomic E-state index is 0.0267. The van der Waals surface area contributed by atoms with Gasteiger partial charge >= 0.3 is 0 Å². The highest BCUT2D eigenvalue weighted by atomic mass is 16.5. The number of rotatable bonds is 7. The molecule has 0 aliphatic heterocycles. The van der Waals surface area contributed by atoms with Gasteiger partial charge in [-0.25, -0.2) is 4.99 Å². The van der Waals surface area contributed by atoms with Crippen LogP contribution in [0.2, 0.25) is 0 Å². The van der Waals surface area contributed by atoms with E-state index in [4.69, 9.17) is 19.2 Å². The molecule has 1 heterocycles. The number of aliphatic imine (C=N–C) groups is 1. The number of hydrogen-bond acceptors (Lipinski definition) is 5. The van der Waals surface area contributed by atoms with Crippen LogP contribution in [-0.4, -0.2) is 36.6 Å². The molecule has 0 aliphatic carbocycles. The second-order valence-corrected chi connectivity index (χ2v) is 6.85. The van der Waals surface area contributed by atoms with Gasteiger partial charge in [0.15, 0.2) is 17.4 Å². The van der Waals surface area contributed by atoms with Crippen molar-refractivity contribution in [1.29, 1.82) is 0 Å². The lowest BCUT2D eigenvalue weighted by Gasteiger charge is -2.10. The summed E-state index contributed by atoms with van der Waals surface area (Å²) in [5.74, 6) is 1.96. The van der Waals surface area contributed by atoms with Crippen molar-refractivity contribution in [3.05, 3.63) is 77.9 Å². The fourth-order valence-corrected chi connectivity index (χ4v) is 3.52. The SMILES string of the molecule is CCOc1ccc(N=C(c2ccccc2)c2c(O)[nH]c3cc(OC)c(OC)cc23)cc1. The number of fused-ring (bicyclic) bond motifs is 1. The molecule has 0 saturated heterocycles. The summed E-state index contributed by atoms with van der Waals surface area (Å²) < 4.78 is 16.4. The number of methoxy groups -OCH3 is 2. The normalized spacial score (nSPS) is 11.5. The lowest BCUT2D eigenvalue weighted by atomic mass is 10.0. The van der Waals surface area contributed by atoms with Crippen LogP contribution in [0, 0.1) is 0 Å². The summed E-state index contributed by atoms with van der Waals surface area (Å²) in [5.41, 5.74) is 3.58. The predicted octanol–water partition coefficient (Wildman–Crippen LogP) is 5.46. The van der Waals surface area contributed by atoms with Gasteiger partial charge in [-0.2, -0.15) is 0 Å². The number of H-pyrrole nitrogens is 1. The Morgan fingerprint density at radius 1 is 0.935 bits per heavy atom. The Hall–Kier alpha value is -3.93. The predicted molar refractivity (Wildman–Crippen MR) is 122 cm³/mol. The van der Waals surface area contributed by atoms with Gasteiger partial charge in [0.05, 0.1) is 43.3 Å². The van der Waals surface area contributed by atoms with Crippen LogP contribution >= 0.6 is 0 Å². The summed E-state index contributed by atoms with van der Waals surface area (Å²) in [5, 5.41) is 11.6. The van der Waals surface area contributed by atoms with Crippen LogP contribution in [0.25, 0.3) is 10.9 Å². The number of ether oxygens (including phenoxy) is 3. The minimum Gasteiger partial charge on any atom is -0.494 e. The molecule has 31 heavy (non-hydrogen) atoms. The van der Waals surface area contributed by atoms with Gasteiger partial charge in [0.1, 0.15) is 5.75 Å². The molecule has 6 nitrogen and oxygen atoms in total. The second kappa shape index (κ2) is 8.83. The molecule has 4 rings (SSSR count).